The number of benzene rings is 1. The molecule has 2 aromatic rings. The van der Waals surface area contributed by atoms with Gasteiger partial charge < -0.3 is 5.73 Å². The maximum atomic E-state index is 5.70. The fourth-order valence-electron chi connectivity index (χ4n) is 1.13. The van der Waals surface area contributed by atoms with E-state index in [1.807, 2.05) is 18.2 Å². The number of rotatable bonds is 3. The van der Waals surface area contributed by atoms with Gasteiger partial charge in [0.05, 0.1) is 0 Å². The van der Waals surface area contributed by atoms with Crippen LogP contribution in [-0.4, -0.2) is 9.36 Å². The first-order valence-corrected chi connectivity index (χ1v) is 6.61. The lowest BCUT2D eigenvalue weighted by molar-refractivity contribution is 1.01. The van der Waals surface area contributed by atoms with Gasteiger partial charge in [0.2, 0.25) is 0 Å². The molecule has 6 heteroatoms. The number of nitrogens with zero attached hydrogens (tertiary/aromatic N) is 2. The van der Waals surface area contributed by atoms with Crippen LogP contribution in [0.3, 0.4) is 0 Å². The summed E-state index contributed by atoms with van der Waals surface area (Å²) in [7, 11) is 0. The lowest BCUT2D eigenvalue weighted by atomic mass is 10.2. The molecule has 0 aliphatic rings. The summed E-state index contributed by atoms with van der Waals surface area (Å²) in [6.45, 7) is 0.516. The van der Waals surface area contributed by atoms with Crippen molar-refractivity contribution in [2.75, 3.05) is 0 Å². The van der Waals surface area contributed by atoms with Crippen molar-refractivity contribution in [2.24, 2.45) is 5.73 Å². The van der Waals surface area contributed by atoms with Gasteiger partial charge in [-0.1, -0.05) is 33.8 Å². The van der Waals surface area contributed by atoms with Crippen LogP contribution < -0.4 is 5.73 Å². The van der Waals surface area contributed by atoms with Crippen molar-refractivity contribution in [3.8, 4) is 0 Å². The van der Waals surface area contributed by atoms with Gasteiger partial charge in [0.25, 0.3) is 0 Å². The van der Waals surface area contributed by atoms with Gasteiger partial charge in [0.1, 0.15) is 6.33 Å². The van der Waals surface area contributed by atoms with Crippen LogP contribution >= 0.6 is 39.2 Å². The minimum atomic E-state index is 0.516. The number of aromatic nitrogens is 2. The summed E-state index contributed by atoms with van der Waals surface area (Å²) in [4.78, 5) is 5.26. The van der Waals surface area contributed by atoms with E-state index in [2.05, 4.69) is 25.3 Å². The van der Waals surface area contributed by atoms with Crippen LogP contribution in [0.2, 0.25) is 0 Å². The Morgan fingerprint density at radius 3 is 3.00 bits per heavy atom. The molecule has 3 nitrogen and oxygen atoms in total. The fraction of sp³-hybridized carbons (Fsp3) is 0.111. The molecular weight excluding hydrogens is 294 g/mol. The second-order valence-corrected chi connectivity index (χ2v) is 5.65. The Balaban J connectivity index is 2.32. The van der Waals surface area contributed by atoms with Crippen LogP contribution in [0.15, 0.2) is 38.2 Å². The van der Waals surface area contributed by atoms with Crippen LogP contribution in [0.4, 0.5) is 0 Å². The lowest BCUT2D eigenvalue weighted by Gasteiger charge is -2.06. The van der Waals surface area contributed by atoms with Gasteiger partial charge in [0, 0.05) is 15.9 Å². The maximum absolute atomic E-state index is 5.70. The van der Waals surface area contributed by atoms with Gasteiger partial charge in [-0.2, -0.15) is 4.37 Å². The normalized spacial score (nSPS) is 10.5. The standard InChI is InChI=1S/C9H8BrN3S2/c10-7-2-1-3-8(6(7)4-11)14-9-12-5-13-15-9/h1-3,5H,4,11H2. The van der Waals surface area contributed by atoms with E-state index in [0.29, 0.717) is 6.54 Å². The molecule has 1 aromatic heterocycles. The molecule has 0 bridgehead atoms. The average molecular weight is 302 g/mol. The summed E-state index contributed by atoms with van der Waals surface area (Å²) in [5.41, 5.74) is 6.81. The minimum absolute atomic E-state index is 0.516. The highest BCUT2D eigenvalue weighted by atomic mass is 79.9. The van der Waals surface area contributed by atoms with Gasteiger partial charge in [-0.3, -0.25) is 0 Å². The molecule has 2 rings (SSSR count). The highest BCUT2D eigenvalue weighted by molar-refractivity contribution is 9.10. The third-order valence-corrected chi connectivity index (χ3v) is 4.38. The summed E-state index contributed by atoms with van der Waals surface area (Å²) in [5, 5.41) is 0. The summed E-state index contributed by atoms with van der Waals surface area (Å²) in [5.74, 6) is 0. The smallest absolute Gasteiger partial charge is 0.174 e. The first-order chi connectivity index (χ1) is 7.31. The molecule has 0 amide bonds. The molecule has 0 unspecified atom stereocenters. The Bertz CT molecular complexity index is 445. The van der Waals surface area contributed by atoms with E-state index in [1.54, 1.807) is 18.1 Å². The van der Waals surface area contributed by atoms with E-state index in [-0.39, 0.29) is 0 Å². The summed E-state index contributed by atoms with van der Waals surface area (Å²) >= 11 is 6.47. The van der Waals surface area contributed by atoms with Crippen LogP contribution in [0, 0.1) is 0 Å². The highest BCUT2D eigenvalue weighted by Crippen LogP contribution is 2.33. The molecule has 0 atom stereocenters. The van der Waals surface area contributed by atoms with Crippen molar-refractivity contribution in [3.05, 3.63) is 34.6 Å². The molecule has 0 spiro atoms. The Kier molecular flexibility index (Phi) is 3.74. The fourth-order valence-corrected chi connectivity index (χ4v) is 3.37. The van der Waals surface area contributed by atoms with Crippen molar-refractivity contribution < 1.29 is 0 Å². The van der Waals surface area contributed by atoms with Crippen LogP contribution in [0.25, 0.3) is 0 Å². The van der Waals surface area contributed by atoms with E-state index in [4.69, 9.17) is 5.73 Å². The predicted molar refractivity (Wildman–Crippen MR) is 66.1 cm³/mol. The van der Waals surface area contributed by atoms with Crippen molar-refractivity contribution in [2.45, 2.75) is 15.8 Å². The zero-order valence-electron chi connectivity index (χ0n) is 7.68. The SMILES string of the molecule is NCc1c(Br)cccc1Sc1ncns1. The number of halogens is 1. The van der Waals surface area contributed by atoms with Crippen LogP contribution in [0.5, 0.6) is 0 Å². The Hall–Kier alpha value is -0.430. The molecule has 2 N–H and O–H groups in total. The van der Waals surface area contributed by atoms with E-state index in [9.17, 15) is 0 Å². The molecular formula is C9H8BrN3S2. The van der Waals surface area contributed by atoms with E-state index in [1.165, 1.54) is 11.5 Å². The Morgan fingerprint density at radius 2 is 2.33 bits per heavy atom. The van der Waals surface area contributed by atoms with Gasteiger partial charge in [0.15, 0.2) is 4.34 Å². The van der Waals surface area contributed by atoms with Crippen molar-refractivity contribution in [1.29, 1.82) is 0 Å². The molecule has 0 aliphatic carbocycles. The zero-order chi connectivity index (χ0) is 10.7. The molecule has 0 radical (unpaired) electrons. The number of nitrogens with two attached hydrogens (primary N) is 1. The van der Waals surface area contributed by atoms with Gasteiger partial charge >= 0.3 is 0 Å². The maximum Gasteiger partial charge on any atom is 0.174 e. The second-order valence-electron chi connectivity index (χ2n) is 2.73. The molecule has 0 saturated carbocycles. The second kappa shape index (κ2) is 5.07. The van der Waals surface area contributed by atoms with Crippen molar-refractivity contribution in [1.82, 2.24) is 9.36 Å². The van der Waals surface area contributed by atoms with Crippen molar-refractivity contribution >= 4 is 39.2 Å². The average Bonchev–Trinajstić information content (AvgIpc) is 2.71. The molecule has 0 fully saturated rings. The largest absolute Gasteiger partial charge is 0.326 e. The minimum Gasteiger partial charge on any atom is -0.326 e. The predicted octanol–water partition coefficient (Wildman–Crippen LogP) is 2.91. The number of hydrogen-bond acceptors (Lipinski definition) is 5. The number of hydrogen-bond donors (Lipinski definition) is 1. The van der Waals surface area contributed by atoms with Crippen molar-refractivity contribution in [3.63, 3.8) is 0 Å². The highest BCUT2D eigenvalue weighted by Gasteiger charge is 2.08. The van der Waals surface area contributed by atoms with Gasteiger partial charge in [-0.05, 0) is 29.2 Å². The Labute approximate surface area is 104 Å². The van der Waals surface area contributed by atoms with Gasteiger partial charge in [-0.15, -0.1) is 0 Å². The first-order valence-electron chi connectivity index (χ1n) is 4.23. The lowest BCUT2D eigenvalue weighted by Crippen LogP contribution is -1.99. The van der Waals surface area contributed by atoms with Crippen LogP contribution in [-0.2, 0) is 6.54 Å². The molecule has 0 saturated heterocycles. The Morgan fingerprint density at radius 1 is 1.47 bits per heavy atom. The van der Waals surface area contributed by atoms with E-state index >= 15 is 0 Å². The summed E-state index contributed by atoms with van der Waals surface area (Å²) < 4.78 is 5.94. The monoisotopic (exact) mass is 301 g/mol. The molecule has 15 heavy (non-hydrogen) atoms. The third-order valence-electron chi connectivity index (χ3n) is 1.82. The summed E-state index contributed by atoms with van der Waals surface area (Å²) in [6, 6.07) is 6.03. The topological polar surface area (TPSA) is 51.8 Å². The third kappa shape index (κ3) is 2.57. The quantitative estimate of drug-likeness (QED) is 0.947. The van der Waals surface area contributed by atoms with E-state index < -0.39 is 0 Å². The first kappa shape index (κ1) is 11.1. The molecule has 0 aliphatic heterocycles. The zero-order valence-corrected chi connectivity index (χ0v) is 10.9. The molecule has 1 aromatic carbocycles. The van der Waals surface area contributed by atoms with Gasteiger partial charge in [-0.25, -0.2) is 4.98 Å². The molecule has 1 heterocycles. The van der Waals surface area contributed by atoms with Crippen LogP contribution in [0.1, 0.15) is 5.56 Å². The summed E-state index contributed by atoms with van der Waals surface area (Å²) in [6.07, 6.45) is 1.56. The molecule has 78 valence electrons. The van der Waals surface area contributed by atoms with E-state index in [0.717, 1.165) is 19.3 Å².